The Morgan fingerprint density at radius 1 is 1.15 bits per heavy atom. The zero-order valence-corrected chi connectivity index (χ0v) is 22.9. The van der Waals surface area contributed by atoms with Crippen LogP contribution in [-0.2, 0) is 4.79 Å². The summed E-state index contributed by atoms with van der Waals surface area (Å²) in [6.07, 6.45) is 13.2. The highest BCUT2D eigenvalue weighted by Gasteiger charge is 2.40. The lowest BCUT2D eigenvalue weighted by Gasteiger charge is -2.44. The molecule has 4 aliphatic rings. The maximum absolute atomic E-state index is 14.3. The number of pyridine rings is 1. The first-order valence-corrected chi connectivity index (χ1v) is 14.1. The molecule has 2 saturated heterocycles. The second-order valence-corrected chi connectivity index (χ2v) is 11.5. The van der Waals surface area contributed by atoms with E-state index in [1.165, 1.54) is 30.5 Å². The minimum atomic E-state index is -0.450. The van der Waals surface area contributed by atoms with Crippen molar-refractivity contribution >= 4 is 28.3 Å². The fourth-order valence-electron chi connectivity index (χ4n) is 6.44. The van der Waals surface area contributed by atoms with Crippen LogP contribution in [0.3, 0.4) is 0 Å². The van der Waals surface area contributed by atoms with Gasteiger partial charge in [-0.15, -0.1) is 0 Å². The van der Waals surface area contributed by atoms with Crippen molar-refractivity contribution in [2.75, 3.05) is 20.1 Å². The lowest BCUT2D eigenvalue weighted by Crippen LogP contribution is -2.59. The molecule has 2 bridgehead atoms. The Morgan fingerprint density at radius 3 is 2.62 bits per heavy atom. The van der Waals surface area contributed by atoms with Gasteiger partial charge in [-0.1, -0.05) is 6.08 Å². The molecule has 39 heavy (non-hydrogen) atoms. The highest BCUT2D eigenvalue weighted by atomic mass is 19.1. The van der Waals surface area contributed by atoms with Crippen molar-refractivity contribution in [1.82, 2.24) is 24.7 Å². The fourth-order valence-corrected chi connectivity index (χ4v) is 6.44. The van der Waals surface area contributed by atoms with Crippen LogP contribution >= 0.6 is 0 Å². The lowest BCUT2D eigenvalue weighted by molar-refractivity contribution is -0.136. The molecule has 204 valence electrons. The van der Waals surface area contributed by atoms with Gasteiger partial charge >= 0.3 is 0 Å². The summed E-state index contributed by atoms with van der Waals surface area (Å²) in [4.78, 5) is 34.7. The SMILES string of the molecule is CC(C)N(C)C(=O)c1cc(F)ccc1-n1cc(C2=CCN(C(=O)C3NC4CCC3CC4)CC2)c2ccncc21. The maximum Gasteiger partial charge on any atom is 0.256 e. The van der Waals surface area contributed by atoms with Gasteiger partial charge in [0.2, 0.25) is 5.91 Å². The zero-order chi connectivity index (χ0) is 27.3. The maximum atomic E-state index is 14.3. The molecule has 1 saturated carbocycles. The van der Waals surface area contributed by atoms with Crippen LogP contribution in [0.5, 0.6) is 0 Å². The van der Waals surface area contributed by atoms with Gasteiger partial charge in [-0.2, -0.15) is 0 Å². The second kappa shape index (κ2) is 10.2. The number of carbonyl (C=O) groups is 2. The first-order valence-electron chi connectivity index (χ1n) is 14.1. The molecule has 5 heterocycles. The van der Waals surface area contributed by atoms with Crippen LogP contribution in [0.4, 0.5) is 4.39 Å². The monoisotopic (exact) mass is 529 g/mol. The third-order valence-corrected chi connectivity index (χ3v) is 8.94. The van der Waals surface area contributed by atoms with E-state index in [2.05, 4.69) is 16.4 Å². The van der Waals surface area contributed by atoms with Gasteiger partial charge in [-0.05, 0) is 81.7 Å². The molecule has 2 aromatic heterocycles. The number of amides is 2. The number of halogens is 1. The second-order valence-electron chi connectivity index (χ2n) is 11.5. The summed E-state index contributed by atoms with van der Waals surface area (Å²) in [7, 11) is 1.73. The van der Waals surface area contributed by atoms with E-state index in [1.54, 1.807) is 30.4 Å². The van der Waals surface area contributed by atoms with Crippen molar-refractivity contribution in [3.63, 3.8) is 0 Å². The molecule has 1 N–H and O–H groups in total. The van der Waals surface area contributed by atoms with Crippen molar-refractivity contribution in [2.45, 2.75) is 64.1 Å². The molecule has 1 unspecified atom stereocenters. The summed E-state index contributed by atoms with van der Waals surface area (Å²) in [5.74, 6) is 0.00752. The molecule has 1 aromatic carbocycles. The number of hydrogen-bond donors (Lipinski definition) is 1. The summed E-state index contributed by atoms with van der Waals surface area (Å²) in [6, 6.07) is 6.76. The van der Waals surface area contributed by atoms with Gasteiger partial charge < -0.3 is 19.7 Å². The summed E-state index contributed by atoms with van der Waals surface area (Å²) in [6.45, 7) is 5.13. The molecular weight excluding hydrogens is 493 g/mol. The smallest absolute Gasteiger partial charge is 0.256 e. The summed E-state index contributed by atoms with van der Waals surface area (Å²) < 4.78 is 16.3. The number of nitrogens with zero attached hydrogens (tertiary/aromatic N) is 4. The van der Waals surface area contributed by atoms with Crippen LogP contribution in [0.15, 0.2) is 48.9 Å². The Bertz CT molecular complexity index is 1450. The molecule has 0 spiro atoms. The number of benzene rings is 1. The van der Waals surface area contributed by atoms with Gasteiger partial charge in [0, 0.05) is 55.6 Å². The van der Waals surface area contributed by atoms with Gasteiger partial charge in [0.15, 0.2) is 0 Å². The van der Waals surface area contributed by atoms with E-state index in [9.17, 15) is 14.0 Å². The summed E-state index contributed by atoms with van der Waals surface area (Å²) >= 11 is 0. The molecule has 0 radical (unpaired) electrons. The van der Waals surface area contributed by atoms with E-state index < -0.39 is 5.82 Å². The van der Waals surface area contributed by atoms with E-state index in [4.69, 9.17) is 0 Å². The number of piperidine rings is 2. The number of rotatable bonds is 5. The normalized spacial score (nSPS) is 22.8. The molecular formula is C31H36FN5O2. The predicted molar refractivity (Wildman–Crippen MR) is 150 cm³/mol. The van der Waals surface area contributed by atoms with Crippen LogP contribution < -0.4 is 5.32 Å². The molecule has 1 atom stereocenters. The van der Waals surface area contributed by atoms with Gasteiger partial charge in [-0.25, -0.2) is 4.39 Å². The number of aromatic nitrogens is 2. The van der Waals surface area contributed by atoms with Crippen molar-refractivity contribution in [2.24, 2.45) is 5.92 Å². The standard InChI is InChI=1S/C31H36FN5O2/c1-19(2)35(3)30(38)25-16-22(32)6-9-27(25)37-18-26(24-10-13-33-17-28(24)37)20-11-14-36(15-12-20)31(39)29-21-4-7-23(34-29)8-5-21/h6,9-11,13,16-19,21,23,29,34H,4-5,7-8,12,14-15H2,1-3H3. The van der Waals surface area contributed by atoms with E-state index in [0.717, 1.165) is 35.7 Å². The average molecular weight is 530 g/mol. The van der Waals surface area contributed by atoms with Crippen molar-refractivity contribution < 1.29 is 14.0 Å². The minimum Gasteiger partial charge on any atom is -0.339 e. The minimum absolute atomic E-state index is 0.0238. The van der Waals surface area contributed by atoms with E-state index in [0.29, 0.717) is 36.3 Å². The Kier molecular flexibility index (Phi) is 6.75. The molecule has 8 heteroatoms. The topological polar surface area (TPSA) is 70.5 Å². The quantitative estimate of drug-likeness (QED) is 0.516. The van der Waals surface area contributed by atoms with Gasteiger partial charge in [0.05, 0.1) is 29.0 Å². The Morgan fingerprint density at radius 2 is 1.95 bits per heavy atom. The van der Waals surface area contributed by atoms with Crippen molar-refractivity contribution in [1.29, 1.82) is 0 Å². The summed E-state index contributed by atoms with van der Waals surface area (Å²) in [5, 5.41) is 4.61. The van der Waals surface area contributed by atoms with E-state index >= 15 is 0 Å². The van der Waals surface area contributed by atoms with Gasteiger partial charge in [0.25, 0.3) is 5.91 Å². The Balaban J connectivity index is 1.32. The predicted octanol–water partition coefficient (Wildman–Crippen LogP) is 4.79. The highest BCUT2D eigenvalue weighted by molar-refractivity contribution is 6.00. The fraction of sp³-hybridized carbons (Fsp3) is 0.452. The van der Waals surface area contributed by atoms with Gasteiger partial charge in [0.1, 0.15) is 5.82 Å². The Hall–Kier alpha value is -3.52. The third kappa shape index (κ3) is 4.65. The molecule has 3 fully saturated rings. The van der Waals surface area contributed by atoms with E-state index in [1.807, 2.05) is 35.6 Å². The van der Waals surface area contributed by atoms with Crippen LogP contribution in [0, 0.1) is 11.7 Å². The van der Waals surface area contributed by atoms with Crippen LogP contribution in [-0.4, -0.2) is 69.4 Å². The zero-order valence-electron chi connectivity index (χ0n) is 22.9. The number of carbonyl (C=O) groups excluding carboxylic acids is 2. The van der Waals surface area contributed by atoms with Crippen molar-refractivity contribution in [3.8, 4) is 5.69 Å². The van der Waals surface area contributed by atoms with Crippen LogP contribution in [0.2, 0.25) is 0 Å². The van der Waals surface area contributed by atoms with Gasteiger partial charge in [-0.3, -0.25) is 14.6 Å². The van der Waals surface area contributed by atoms with Crippen molar-refractivity contribution in [3.05, 3.63) is 65.9 Å². The third-order valence-electron chi connectivity index (χ3n) is 8.94. The first kappa shape index (κ1) is 25.7. The Labute approximate surface area is 228 Å². The summed E-state index contributed by atoms with van der Waals surface area (Å²) in [5.41, 5.74) is 3.99. The molecule has 3 aromatic rings. The average Bonchev–Trinajstić information content (AvgIpc) is 3.36. The molecule has 7 rings (SSSR count). The molecule has 7 nitrogen and oxygen atoms in total. The number of fused-ring (bicyclic) bond motifs is 4. The number of nitrogens with one attached hydrogen (secondary N) is 1. The van der Waals surface area contributed by atoms with Crippen LogP contribution in [0.25, 0.3) is 22.2 Å². The van der Waals surface area contributed by atoms with Crippen LogP contribution in [0.1, 0.15) is 61.9 Å². The largest absolute Gasteiger partial charge is 0.339 e. The molecule has 3 aliphatic heterocycles. The molecule has 1 aliphatic carbocycles. The highest BCUT2D eigenvalue weighted by Crippen LogP contribution is 2.36. The number of hydrogen-bond acceptors (Lipinski definition) is 4. The first-order chi connectivity index (χ1) is 18.8. The molecule has 2 amide bonds. The lowest BCUT2D eigenvalue weighted by atomic mass is 9.76. The van der Waals surface area contributed by atoms with E-state index in [-0.39, 0.29) is 23.9 Å².